The van der Waals surface area contributed by atoms with Crippen molar-refractivity contribution in [2.24, 2.45) is 5.92 Å². The van der Waals surface area contributed by atoms with E-state index >= 15 is 0 Å². The van der Waals surface area contributed by atoms with Crippen molar-refractivity contribution in [2.75, 3.05) is 25.5 Å². The number of methoxy groups -OCH3 is 1. The molecule has 1 N–H and O–H groups in total. The predicted octanol–water partition coefficient (Wildman–Crippen LogP) is 4.01. The van der Waals surface area contributed by atoms with E-state index in [0.29, 0.717) is 18.3 Å². The molecule has 4 rings (SSSR count). The molecule has 0 radical (unpaired) electrons. The first kappa shape index (κ1) is 16.6. The van der Waals surface area contributed by atoms with E-state index in [1.165, 1.54) is 23.3 Å². The maximum absolute atomic E-state index is 12.7. The van der Waals surface area contributed by atoms with E-state index in [0.717, 1.165) is 30.1 Å². The van der Waals surface area contributed by atoms with Crippen molar-refractivity contribution in [2.45, 2.75) is 32.2 Å². The van der Waals surface area contributed by atoms with Crippen LogP contribution in [0.5, 0.6) is 5.75 Å². The molecule has 5 heteroatoms. The van der Waals surface area contributed by atoms with Gasteiger partial charge in [0.25, 0.3) is 0 Å². The predicted molar refractivity (Wildman–Crippen MR) is 101 cm³/mol. The quantitative estimate of drug-likeness (QED) is 0.880. The van der Waals surface area contributed by atoms with Crippen LogP contribution >= 0.6 is 11.3 Å². The molecule has 1 amide bonds. The van der Waals surface area contributed by atoms with Crippen molar-refractivity contribution in [1.82, 2.24) is 4.90 Å². The van der Waals surface area contributed by atoms with Crippen LogP contribution in [0.15, 0.2) is 29.6 Å². The van der Waals surface area contributed by atoms with E-state index in [4.69, 9.17) is 4.74 Å². The first-order chi connectivity index (χ1) is 12.2. The van der Waals surface area contributed by atoms with Crippen LogP contribution in [0, 0.1) is 12.8 Å². The second kappa shape index (κ2) is 6.81. The summed E-state index contributed by atoms with van der Waals surface area (Å²) in [6.07, 6.45) is 3.62. The van der Waals surface area contributed by atoms with Crippen molar-refractivity contribution >= 4 is 22.9 Å². The van der Waals surface area contributed by atoms with Gasteiger partial charge in [-0.3, -0.25) is 9.69 Å². The summed E-state index contributed by atoms with van der Waals surface area (Å²) in [4.78, 5) is 16.6. The van der Waals surface area contributed by atoms with Crippen LogP contribution < -0.4 is 10.1 Å². The Morgan fingerprint density at radius 3 is 2.96 bits per heavy atom. The molecule has 0 unspecified atom stereocenters. The molecule has 1 fully saturated rings. The fraction of sp³-hybridized carbons (Fsp3) is 0.450. The van der Waals surface area contributed by atoms with Crippen LogP contribution in [0.3, 0.4) is 0 Å². The zero-order valence-electron chi connectivity index (χ0n) is 14.7. The van der Waals surface area contributed by atoms with Gasteiger partial charge in [-0.25, -0.2) is 0 Å². The van der Waals surface area contributed by atoms with E-state index < -0.39 is 0 Å². The highest BCUT2D eigenvalue weighted by Gasteiger charge is 2.40. The molecule has 1 aliphatic heterocycles. The largest absolute Gasteiger partial charge is 0.495 e. The van der Waals surface area contributed by atoms with E-state index in [-0.39, 0.29) is 5.91 Å². The maximum Gasteiger partial charge on any atom is 0.238 e. The van der Waals surface area contributed by atoms with Crippen LogP contribution in [-0.2, 0) is 11.2 Å². The molecule has 0 saturated heterocycles. The lowest BCUT2D eigenvalue weighted by atomic mass is 9.96. The first-order valence-corrected chi connectivity index (χ1v) is 9.78. The van der Waals surface area contributed by atoms with Gasteiger partial charge in [-0.05, 0) is 66.8 Å². The molecule has 1 aliphatic carbocycles. The van der Waals surface area contributed by atoms with Crippen molar-refractivity contribution in [1.29, 1.82) is 0 Å². The molecule has 1 saturated carbocycles. The van der Waals surface area contributed by atoms with Gasteiger partial charge in [0.1, 0.15) is 5.75 Å². The smallest absolute Gasteiger partial charge is 0.238 e. The summed E-state index contributed by atoms with van der Waals surface area (Å²) in [5.74, 6) is 1.46. The summed E-state index contributed by atoms with van der Waals surface area (Å²) in [5, 5.41) is 5.24. The monoisotopic (exact) mass is 356 g/mol. The number of carbonyl (C=O) groups is 1. The zero-order chi connectivity index (χ0) is 17.4. The number of aryl methyl sites for hydroxylation is 1. The van der Waals surface area contributed by atoms with Gasteiger partial charge in [0.05, 0.1) is 19.3 Å². The number of nitrogens with zero attached hydrogens (tertiary/aromatic N) is 1. The fourth-order valence-corrected chi connectivity index (χ4v) is 4.75. The SMILES string of the molecule is COc1ccc(C)cc1NC(=O)CN1CCc2sccc2[C@@H]1C1CC1. The summed E-state index contributed by atoms with van der Waals surface area (Å²) in [7, 11) is 1.63. The van der Waals surface area contributed by atoms with E-state index in [9.17, 15) is 4.79 Å². The summed E-state index contributed by atoms with van der Waals surface area (Å²) >= 11 is 1.86. The van der Waals surface area contributed by atoms with Gasteiger partial charge in [0.15, 0.2) is 0 Å². The molecule has 1 atom stereocenters. The van der Waals surface area contributed by atoms with E-state index in [1.807, 2.05) is 36.5 Å². The standard InChI is InChI=1S/C20H24N2O2S/c1-13-3-6-17(24-2)16(11-13)21-19(23)12-22-9-7-18-15(8-10-25-18)20(22)14-4-5-14/h3,6,8,10-11,14,20H,4-5,7,9,12H2,1-2H3,(H,21,23)/t20-/m0/s1. The van der Waals surface area contributed by atoms with Gasteiger partial charge in [-0.2, -0.15) is 0 Å². The number of ether oxygens (including phenoxy) is 1. The molecular formula is C20H24N2O2S. The average Bonchev–Trinajstić information content (AvgIpc) is 3.31. The van der Waals surface area contributed by atoms with E-state index in [2.05, 4.69) is 21.7 Å². The van der Waals surface area contributed by atoms with Crippen LogP contribution in [0.1, 0.15) is 34.9 Å². The molecule has 0 spiro atoms. The minimum atomic E-state index is 0.0354. The molecule has 1 aromatic carbocycles. The number of benzene rings is 1. The van der Waals surface area contributed by atoms with Crippen molar-refractivity contribution in [3.63, 3.8) is 0 Å². The van der Waals surface area contributed by atoms with Crippen molar-refractivity contribution < 1.29 is 9.53 Å². The van der Waals surface area contributed by atoms with Crippen molar-refractivity contribution in [3.8, 4) is 5.75 Å². The number of anilines is 1. The Morgan fingerprint density at radius 1 is 1.36 bits per heavy atom. The lowest BCUT2D eigenvalue weighted by Gasteiger charge is -2.35. The number of hydrogen-bond donors (Lipinski definition) is 1. The molecule has 2 aromatic rings. The Morgan fingerprint density at radius 2 is 2.20 bits per heavy atom. The topological polar surface area (TPSA) is 41.6 Å². The third-order valence-electron chi connectivity index (χ3n) is 5.16. The summed E-state index contributed by atoms with van der Waals surface area (Å²) in [6, 6.07) is 8.52. The van der Waals surface area contributed by atoms with Crippen LogP contribution in [0.25, 0.3) is 0 Å². The Kier molecular flexibility index (Phi) is 4.52. The number of hydrogen-bond acceptors (Lipinski definition) is 4. The van der Waals surface area contributed by atoms with Gasteiger partial charge >= 0.3 is 0 Å². The van der Waals surface area contributed by atoms with Gasteiger partial charge in [0.2, 0.25) is 5.91 Å². The zero-order valence-corrected chi connectivity index (χ0v) is 15.6. The molecule has 132 valence electrons. The molecule has 0 bridgehead atoms. The summed E-state index contributed by atoms with van der Waals surface area (Å²) in [6.45, 7) is 3.42. The summed E-state index contributed by atoms with van der Waals surface area (Å²) < 4.78 is 5.37. The van der Waals surface area contributed by atoms with Gasteiger partial charge in [0, 0.05) is 17.5 Å². The molecule has 4 nitrogen and oxygen atoms in total. The third kappa shape index (κ3) is 3.44. The van der Waals surface area contributed by atoms with Gasteiger partial charge < -0.3 is 10.1 Å². The normalized spacial score (nSPS) is 20.2. The third-order valence-corrected chi connectivity index (χ3v) is 6.16. The number of carbonyl (C=O) groups excluding carboxylic acids is 1. The van der Waals surface area contributed by atoms with Gasteiger partial charge in [-0.15, -0.1) is 11.3 Å². The van der Waals surface area contributed by atoms with Crippen molar-refractivity contribution in [3.05, 3.63) is 45.6 Å². The lowest BCUT2D eigenvalue weighted by molar-refractivity contribution is -0.118. The Hall–Kier alpha value is -1.85. The van der Waals surface area contributed by atoms with E-state index in [1.54, 1.807) is 7.11 Å². The summed E-state index contributed by atoms with van der Waals surface area (Å²) in [5.41, 5.74) is 3.32. The van der Waals surface area contributed by atoms with Gasteiger partial charge in [-0.1, -0.05) is 6.07 Å². The molecule has 1 aromatic heterocycles. The fourth-order valence-electron chi connectivity index (χ4n) is 3.83. The molecule has 25 heavy (non-hydrogen) atoms. The Bertz CT molecular complexity index is 782. The first-order valence-electron chi connectivity index (χ1n) is 8.90. The number of rotatable bonds is 5. The molecular weight excluding hydrogens is 332 g/mol. The minimum absolute atomic E-state index is 0.0354. The number of fused-ring (bicyclic) bond motifs is 1. The number of amides is 1. The Balaban J connectivity index is 1.48. The highest BCUT2D eigenvalue weighted by molar-refractivity contribution is 7.10. The highest BCUT2D eigenvalue weighted by Crippen LogP contribution is 2.48. The number of thiophene rings is 1. The highest BCUT2D eigenvalue weighted by atomic mass is 32.1. The Labute approximate surface area is 152 Å². The maximum atomic E-state index is 12.7. The van der Waals surface area contributed by atoms with Crippen LogP contribution in [0.2, 0.25) is 0 Å². The van der Waals surface area contributed by atoms with Crippen LogP contribution in [0.4, 0.5) is 5.69 Å². The average molecular weight is 356 g/mol. The molecule has 2 aliphatic rings. The minimum Gasteiger partial charge on any atom is -0.495 e. The second-order valence-corrected chi connectivity index (χ2v) is 8.05. The number of nitrogens with one attached hydrogen (secondary N) is 1. The lowest BCUT2D eigenvalue weighted by Crippen LogP contribution is -2.41. The van der Waals surface area contributed by atoms with Crippen LogP contribution in [-0.4, -0.2) is 31.0 Å². The molecule has 2 heterocycles. The second-order valence-electron chi connectivity index (χ2n) is 7.05.